The SMILES string of the molecule is ClC[C@@H]1COC2(CCCC2)O1. The number of rotatable bonds is 1. The predicted molar refractivity (Wildman–Crippen MR) is 42.7 cm³/mol. The first-order valence-corrected chi connectivity index (χ1v) is 4.76. The zero-order valence-corrected chi connectivity index (χ0v) is 7.27. The second-order valence-electron chi connectivity index (χ2n) is 3.32. The fourth-order valence-corrected chi connectivity index (χ4v) is 2.02. The van der Waals surface area contributed by atoms with E-state index in [-0.39, 0.29) is 11.9 Å². The molecule has 1 saturated carbocycles. The topological polar surface area (TPSA) is 18.5 Å². The standard InChI is InChI=1S/C8H13ClO2/c9-5-7-6-10-8(11-7)3-1-2-4-8/h7H,1-6H2/t7-/m1/s1. The highest BCUT2D eigenvalue weighted by Gasteiger charge is 2.43. The molecule has 1 heterocycles. The van der Waals surface area contributed by atoms with E-state index < -0.39 is 0 Å². The van der Waals surface area contributed by atoms with Crippen molar-refractivity contribution in [3.8, 4) is 0 Å². The van der Waals surface area contributed by atoms with Crippen LogP contribution in [0.3, 0.4) is 0 Å². The predicted octanol–water partition coefficient (Wildman–Crippen LogP) is 1.91. The fourth-order valence-electron chi connectivity index (χ4n) is 1.87. The number of hydrogen-bond donors (Lipinski definition) is 0. The summed E-state index contributed by atoms with van der Waals surface area (Å²) >= 11 is 5.66. The van der Waals surface area contributed by atoms with Crippen LogP contribution in [-0.2, 0) is 9.47 Å². The third-order valence-corrected chi connectivity index (χ3v) is 2.80. The van der Waals surface area contributed by atoms with Gasteiger partial charge in [0.2, 0.25) is 0 Å². The highest BCUT2D eigenvalue weighted by atomic mass is 35.5. The molecular weight excluding hydrogens is 164 g/mol. The van der Waals surface area contributed by atoms with E-state index in [2.05, 4.69) is 0 Å². The molecule has 0 N–H and O–H groups in total. The molecule has 2 rings (SSSR count). The molecule has 64 valence electrons. The van der Waals surface area contributed by atoms with Crippen LogP contribution in [-0.4, -0.2) is 24.4 Å². The zero-order chi connectivity index (χ0) is 7.73. The second-order valence-corrected chi connectivity index (χ2v) is 3.63. The summed E-state index contributed by atoms with van der Waals surface area (Å²) in [6, 6.07) is 0. The van der Waals surface area contributed by atoms with Gasteiger partial charge in [0.25, 0.3) is 0 Å². The third-order valence-electron chi connectivity index (χ3n) is 2.45. The number of ether oxygens (including phenoxy) is 2. The van der Waals surface area contributed by atoms with Crippen molar-refractivity contribution in [1.82, 2.24) is 0 Å². The molecule has 0 amide bonds. The molecule has 3 heteroatoms. The molecule has 1 saturated heterocycles. The summed E-state index contributed by atoms with van der Waals surface area (Å²) in [4.78, 5) is 0. The molecule has 0 radical (unpaired) electrons. The average Bonchev–Trinajstić information content (AvgIpc) is 2.62. The van der Waals surface area contributed by atoms with Crippen molar-refractivity contribution in [2.45, 2.75) is 37.6 Å². The highest BCUT2D eigenvalue weighted by Crippen LogP contribution is 2.39. The van der Waals surface area contributed by atoms with Gasteiger partial charge in [-0.25, -0.2) is 0 Å². The molecule has 1 spiro atoms. The molecular formula is C8H13ClO2. The summed E-state index contributed by atoms with van der Waals surface area (Å²) in [5.41, 5.74) is 0. The Bertz CT molecular complexity index is 143. The minimum atomic E-state index is -0.223. The lowest BCUT2D eigenvalue weighted by atomic mass is 10.2. The van der Waals surface area contributed by atoms with Gasteiger partial charge in [-0.05, 0) is 12.8 Å². The van der Waals surface area contributed by atoms with E-state index in [1.165, 1.54) is 12.8 Å². The average molecular weight is 177 g/mol. The van der Waals surface area contributed by atoms with E-state index in [9.17, 15) is 0 Å². The lowest BCUT2D eigenvalue weighted by molar-refractivity contribution is -0.159. The van der Waals surface area contributed by atoms with Crippen LogP contribution in [0.25, 0.3) is 0 Å². The Kier molecular flexibility index (Phi) is 2.08. The van der Waals surface area contributed by atoms with Gasteiger partial charge in [0.15, 0.2) is 5.79 Å². The van der Waals surface area contributed by atoms with Gasteiger partial charge in [-0.15, -0.1) is 11.6 Å². The molecule has 1 aliphatic heterocycles. The quantitative estimate of drug-likeness (QED) is 0.569. The lowest BCUT2D eigenvalue weighted by Crippen LogP contribution is -2.26. The van der Waals surface area contributed by atoms with Crippen LogP contribution in [0.15, 0.2) is 0 Å². The van der Waals surface area contributed by atoms with E-state index in [0.717, 1.165) is 12.8 Å². The van der Waals surface area contributed by atoms with Gasteiger partial charge in [-0.3, -0.25) is 0 Å². The van der Waals surface area contributed by atoms with Crippen LogP contribution in [0.1, 0.15) is 25.7 Å². The summed E-state index contributed by atoms with van der Waals surface area (Å²) in [7, 11) is 0. The van der Waals surface area contributed by atoms with Crippen LogP contribution in [0, 0.1) is 0 Å². The largest absolute Gasteiger partial charge is 0.347 e. The Labute approximate surface area is 71.8 Å². The van der Waals surface area contributed by atoms with Gasteiger partial charge in [0.05, 0.1) is 18.6 Å². The molecule has 11 heavy (non-hydrogen) atoms. The first-order valence-electron chi connectivity index (χ1n) is 4.22. The maximum Gasteiger partial charge on any atom is 0.168 e. The Morgan fingerprint density at radius 3 is 2.64 bits per heavy atom. The second kappa shape index (κ2) is 2.92. The summed E-state index contributed by atoms with van der Waals surface area (Å²) < 4.78 is 11.3. The molecule has 2 nitrogen and oxygen atoms in total. The van der Waals surface area contributed by atoms with Crippen molar-refractivity contribution >= 4 is 11.6 Å². The first-order chi connectivity index (χ1) is 5.35. The van der Waals surface area contributed by atoms with E-state index in [4.69, 9.17) is 21.1 Å². The highest BCUT2D eigenvalue weighted by molar-refractivity contribution is 6.18. The van der Waals surface area contributed by atoms with Crippen molar-refractivity contribution in [3.63, 3.8) is 0 Å². The van der Waals surface area contributed by atoms with Gasteiger partial charge in [-0.1, -0.05) is 0 Å². The van der Waals surface area contributed by atoms with Crippen molar-refractivity contribution in [1.29, 1.82) is 0 Å². The monoisotopic (exact) mass is 176 g/mol. The van der Waals surface area contributed by atoms with E-state index in [1.807, 2.05) is 0 Å². The lowest BCUT2D eigenvalue weighted by Gasteiger charge is -2.21. The zero-order valence-electron chi connectivity index (χ0n) is 6.51. The van der Waals surface area contributed by atoms with Gasteiger partial charge < -0.3 is 9.47 Å². The molecule has 0 aromatic rings. The Balaban J connectivity index is 1.96. The molecule has 1 aliphatic carbocycles. The van der Waals surface area contributed by atoms with Gasteiger partial charge in [0, 0.05) is 12.8 Å². The number of halogens is 1. The molecule has 1 atom stereocenters. The van der Waals surface area contributed by atoms with E-state index in [1.54, 1.807) is 0 Å². The smallest absolute Gasteiger partial charge is 0.168 e. The van der Waals surface area contributed by atoms with Crippen LogP contribution in [0.5, 0.6) is 0 Å². The first kappa shape index (κ1) is 7.84. The number of alkyl halides is 1. The Morgan fingerprint density at radius 2 is 2.09 bits per heavy atom. The van der Waals surface area contributed by atoms with Crippen molar-refractivity contribution in [2.24, 2.45) is 0 Å². The molecule has 0 unspecified atom stereocenters. The molecule has 0 aromatic carbocycles. The van der Waals surface area contributed by atoms with E-state index >= 15 is 0 Å². The third kappa shape index (κ3) is 1.40. The van der Waals surface area contributed by atoms with Crippen molar-refractivity contribution in [3.05, 3.63) is 0 Å². The minimum absolute atomic E-state index is 0.134. The maximum absolute atomic E-state index is 5.70. The van der Waals surface area contributed by atoms with Crippen LogP contribution in [0.4, 0.5) is 0 Å². The van der Waals surface area contributed by atoms with E-state index in [0.29, 0.717) is 12.5 Å². The summed E-state index contributed by atoms with van der Waals surface area (Å²) in [6.07, 6.45) is 4.71. The Morgan fingerprint density at radius 1 is 1.36 bits per heavy atom. The summed E-state index contributed by atoms with van der Waals surface area (Å²) in [6.45, 7) is 0.684. The molecule has 2 fully saturated rings. The molecule has 0 bridgehead atoms. The molecule has 0 aromatic heterocycles. The van der Waals surface area contributed by atoms with Gasteiger partial charge in [-0.2, -0.15) is 0 Å². The van der Waals surface area contributed by atoms with Crippen LogP contribution < -0.4 is 0 Å². The maximum atomic E-state index is 5.70. The van der Waals surface area contributed by atoms with Gasteiger partial charge >= 0.3 is 0 Å². The Hall–Kier alpha value is 0.210. The van der Waals surface area contributed by atoms with Gasteiger partial charge in [0.1, 0.15) is 0 Å². The summed E-state index contributed by atoms with van der Waals surface area (Å²) in [5.74, 6) is 0.335. The normalized spacial score (nSPS) is 35.2. The van der Waals surface area contributed by atoms with Crippen LogP contribution >= 0.6 is 11.6 Å². The van der Waals surface area contributed by atoms with Crippen molar-refractivity contribution < 1.29 is 9.47 Å². The minimum Gasteiger partial charge on any atom is -0.347 e. The fraction of sp³-hybridized carbons (Fsp3) is 1.00. The summed E-state index contributed by atoms with van der Waals surface area (Å²) in [5, 5.41) is 0. The molecule has 2 aliphatic rings. The van der Waals surface area contributed by atoms with Crippen molar-refractivity contribution in [2.75, 3.05) is 12.5 Å². The van der Waals surface area contributed by atoms with Crippen LogP contribution in [0.2, 0.25) is 0 Å². The number of hydrogen-bond acceptors (Lipinski definition) is 2.